The first kappa shape index (κ1) is 18.7. The molecule has 1 aliphatic carbocycles. The van der Waals surface area contributed by atoms with Gasteiger partial charge in [-0.2, -0.15) is 22.1 Å². The van der Waals surface area contributed by atoms with Crippen LogP contribution in [-0.2, 0) is 31.6 Å². The molecule has 1 fully saturated rings. The van der Waals surface area contributed by atoms with Gasteiger partial charge in [0.15, 0.2) is 0 Å². The maximum absolute atomic E-state index is 12.6. The van der Waals surface area contributed by atoms with E-state index in [0.29, 0.717) is 12.1 Å². The van der Waals surface area contributed by atoms with Crippen LogP contribution in [-0.4, -0.2) is 33.1 Å². The van der Waals surface area contributed by atoms with Crippen molar-refractivity contribution in [1.29, 1.82) is 5.26 Å². The van der Waals surface area contributed by atoms with Crippen LogP contribution in [0.4, 0.5) is 5.82 Å². The van der Waals surface area contributed by atoms with Crippen LogP contribution >= 0.6 is 11.8 Å². The highest BCUT2D eigenvalue weighted by molar-refractivity contribution is 7.98. The fourth-order valence-corrected chi connectivity index (χ4v) is 5.76. The first-order chi connectivity index (χ1) is 14.2. The summed E-state index contributed by atoms with van der Waals surface area (Å²) >= 11 is 1.86. The number of rotatable bonds is 3. The Hall–Kier alpha value is -2.33. The molecule has 0 aromatic carbocycles. The van der Waals surface area contributed by atoms with Crippen LogP contribution < -0.4 is 10.5 Å². The van der Waals surface area contributed by atoms with Gasteiger partial charge in [0.1, 0.15) is 11.9 Å². The van der Waals surface area contributed by atoms with Crippen molar-refractivity contribution in [1.82, 2.24) is 14.8 Å². The van der Waals surface area contributed by atoms with E-state index in [2.05, 4.69) is 11.0 Å². The van der Waals surface area contributed by atoms with Crippen molar-refractivity contribution in [3.63, 3.8) is 0 Å². The summed E-state index contributed by atoms with van der Waals surface area (Å²) in [6, 6.07) is 6.34. The third kappa shape index (κ3) is 3.55. The van der Waals surface area contributed by atoms with E-state index in [1.807, 2.05) is 17.8 Å². The van der Waals surface area contributed by atoms with Crippen LogP contribution in [0.3, 0.4) is 0 Å². The zero-order chi connectivity index (χ0) is 19.8. The summed E-state index contributed by atoms with van der Waals surface area (Å²) in [5.41, 5.74) is 5.19. The molecule has 150 valence electrons. The van der Waals surface area contributed by atoms with Gasteiger partial charge in [0.25, 0.3) is 5.56 Å². The van der Waals surface area contributed by atoms with Crippen LogP contribution in [0.5, 0.6) is 0 Å². The Bertz CT molecular complexity index is 1040. The topological polar surface area (TPSA) is 74.8 Å². The molecule has 0 spiro atoms. The Balaban J connectivity index is 1.46. The maximum Gasteiger partial charge on any atom is 0.267 e. The van der Waals surface area contributed by atoms with Crippen LogP contribution in [0.15, 0.2) is 16.9 Å². The van der Waals surface area contributed by atoms with Gasteiger partial charge in [0.2, 0.25) is 0 Å². The Labute approximate surface area is 174 Å². The summed E-state index contributed by atoms with van der Waals surface area (Å²) in [6.45, 7) is 1.43. The lowest BCUT2D eigenvalue weighted by atomic mass is 9.95. The maximum atomic E-state index is 12.6. The standard InChI is InChI=1S/C22H25N5OS/c23-12-16-10-15-4-1-2-6-19(15)24-22(16)26-8-3-5-18(26)13-27-21(28)11-17-14-29-9-7-20(17)25-27/h10-11,18H,1-9,13-14H2. The fourth-order valence-electron chi connectivity index (χ4n) is 4.81. The van der Waals surface area contributed by atoms with Gasteiger partial charge in [-0.05, 0) is 61.5 Å². The van der Waals surface area contributed by atoms with Gasteiger partial charge >= 0.3 is 0 Å². The molecule has 0 bridgehead atoms. The number of anilines is 1. The molecule has 4 heterocycles. The highest BCUT2D eigenvalue weighted by atomic mass is 32.2. The summed E-state index contributed by atoms with van der Waals surface area (Å²) in [5, 5.41) is 14.4. The van der Waals surface area contributed by atoms with E-state index in [1.54, 1.807) is 10.7 Å². The average Bonchev–Trinajstić information content (AvgIpc) is 3.21. The summed E-state index contributed by atoms with van der Waals surface area (Å²) in [6.07, 6.45) is 7.33. The lowest BCUT2D eigenvalue weighted by molar-refractivity contribution is 0.479. The molecule has 2 aromatic heterocycles. The second-order valence-corrected chi connectivity index (χ2v) is 9.32. The van der Waals surface area contributed by atoms with Crippen molar-refractivity contribution in [2.24, 2.45) is 0 Å². The number of fused-ring (bicyclic) bond motifs is 2. The molecule has 1 atom stereocenters. The molecule has 0 radical (unpaired) electrons. The van der Waals surface area contributed by atoms with Gasteiger partial charge in [0.05, 0.1) is 23.8 Å². The third-order valence-corrected chi connectivity index (χ3v) is 7.35. The smallest absolute Gasteiger partial charge is 0.267 e. The number of pyridine rings is 1. The largest absolute Gasteiger partial charge is 0.351 e. The predicted octanol–water partition coefficient (Wildman–Crippen LogP) is 2.85. The molecule has 1 unspecified atom stereocenters. The molecular weight excluding hydrogens is 382 g/mol. The van der Waals surface area contributed by atoms with Gasteiger partial charge in [-0.25, -0.2) is 9.67 Å². The minimum absolute atomic E-state index is 0.0167. The van der Waals surface area contributed by atoms with Gasteiger partial charge in [0, 0.05) is 30.5 Å². The van der Waals surface area contributed by atoms with Crippen molar-refractivity contribution < 1.29 is 0 Å². The molecule has 0 saturated carbocycles. The van der Waals surface area contributed by atoms with Gasteiger partial charge in [-0.1, -0.05) is 0 Å². The van der Waals surface area contributed by atoms with E-state index >= 15 is 0 Å². The minimum Gasteiger partial charge on any atom is -0.351 e. The van der Waals surface area contributed by atoms with Crippen LogP contribution in [0.25, 0.3) is 0 Å². The molecule has 0 N–H and O–H groups in total. The summed E-state index contributed by atoms with van der Waals surface area (Å²) in [5.74, 6) is 2.76. The Morgan fingerprint density at radius 2 is 2.03 bits per heavy atom. The minimum atomic E-state index is -0.0167. The Morgan fingerprint density at radius 3 is 2.93 bits per heavy atom. The number of hydrogen-bond acceptors (Lipinski definition) is 6. The number of hydrogen-bond donors (Lipinski definition) is 0. The van der Waals surface area contributed by atoms with Crippen molar-refractivity contribution >= 4 is 17.6 Å². The SMILES string of the molecule is N#Cc1cc2c(nc1N1CCCC1Cn1nc3c(cc1=O)CSCC3)CCCC2. The molecule has 2 aromatic rings. The number of thioether (sulfide) groups is 1. The number of aryl methyl sites for hydroxylation is 3. The monoisotopic (exact) mass is 407 g/mol. The van der Waals surface area contributed by atoms with Gasteiger partial charge < -0.3 is 4.90 Å². The molecular formula is C22H25N5OS. The van der Waals surface area contributed by atoms with E-state index in [0.717, 1.165) is 72.9 Å². The Kier molecular flexibility index (Phi) is 5.04. The molecule has 1 saturated heterocycles. The van der Waals surface area contributed by atoms with E-state index in [9.17, 15) is 10.1 Å². The molecule has 0 amide bonds. The molecule has 7 heteroatoms. The zero-order valence-electron chi connectivity index (χ0n) is 16.6. The Morgan fingerprint density at radius 1 is 1.14 bits per heavy atom. The second-order valence-electron chi connectivity index (χ2n) is 8.21. The summed E-state index contributed by atoms with van der Waals surface area (Å²) in [7, 11) is 0. The highest BCUT2D eigenvalue weighted by Crippen LogP contribution is 2.31. The molecule has 3 aliphatic rings. The van der Waals surface area contributed by atoms with Crippen molar-refractivity contribution in [3.05, 3.63) is 50.6 Å². The lowest BCUT2D eigenvalue weighted by Crippen LogP contribution is -2.38. The zero-order valence-corrected chi connectivity index (χ0v) is 17.4. The molecule has 5 rings (SSSR count). The quantitative estimate of drug-likeness (QED) is 0.779. The van der Waals surface area contributed by atoms with Crippen LogP contribution in [0.1, 0.15) is 53.8 Å². The number of aromatic nitrogens is 3. The predicted molar refractivity (Wildman–Crippen MR) is 114 cm³/mol. The summed E-state index contributed by atoms with van der Waals surface area (Å²) in [4.78, 5) is 19.8. The number of nitrogens with zero attached hydrogens (tertiary/aromatic N) is 5. The molecule has 29 heavy (non-hydrogen) atoms. The van der Waals surface area contributed by atoms with Gasteiger partial charge in [-0.3, -0.25) is 4.79 Å². The van der Waals surface area contributed by atoms with Crippen molar-refractivity contribution in [2.75, 3.05) is 17.2 Å². The highest BCUT2D eigenvalue weighted by Gasteiger charge is 2.30. The normalized spacial score (nSPS) is 20.8. The van der Waals surface area contributed by atoms with Crippen molar-refractivity contribution in [2.45, 2.75) is 63.3 Å². The van der Waals surface area contributed by atoms with Gasteiger partial charge in [-0.15, -0.1) is 0 Å². The first-order valence-corrected chi connectivity index (χ1v) is 11.8. The third-order valence-electron chi connectivity index (χ3n) is 6.34. The molecule has 6 nitrogen and oxygen atoms in total. The lowest BCUT2D eigenvalue weighted by Gasteiger charge is -2.28. The average molecular weight is 408 g/mol. The van der Waals surface area contributed by atoms with Crippen LogP contribution in [0.2, 0.25) is 0 Å². The number of nitriles is 1. The fraction of sp³-hybridized carbons (Fsp3) is 0.545. The van der Waals surface area contributed by atoms with E-state index in [1.165, 1.54) is 18.4 Å². The van der Waals surface area contributed by atoms with E-state index < -0.39 is 0 Å². The summed E-state index contributed by atoms with van der Waals surface area (Å²) < 4.78 is 1.64. The van der Waals surface area contributed by atoms with E-state index in [-0.39, 0.29) is 11.6 Å². The second kappa shape index (κ2) is 7.83. The van der Waals surface area contributed by atoms with Crippen LogP contribution in [0, 0.1) is 11.3 Å². The molecule has 2 aliphatic heterocycles. The van der Waals surface area contributed by atoms with E-state index in [4.69, 9.17) is 10.1 Å². The first-order valence-electron chi connectivity index (χ1n) is 10.6. The van der Waals surface area contributed by atoms with Crippen molar-refractivity contribution in [3.8, 4) is 6.07 Å².